The Morgan fingerprint density at radius 2 is 0.500 bits per heavy atom. The van der Waals surface area contributed by atoms with Crippen LogP contribution in [0, 0.1) is 47.3 Å². The van der Waals surface area contributed by atoms with Crippen LogP contribution in [0.5, 0.6) is 0 Å². The summed E-state index contributed by atoms with van der Waals surface area (Å²) in [6, 6.07) is 0. The number of quaternary nitrogens is 1. The van der Waals surface area contributed by atoms with Crippen molar-refractivity contribution in [3.63, 3.8) is 0 Å². The minimum absolute atomic E-state index is 0. The van der Waals surface area contributed by atoms with Crippen LogP contribution in [-0.4, -0.2) is 0 Å². The van der Waals surface area contributed by atoms with Gasteiger partial charge in [-0.25, -0.2) is 0 Å². The van der Waals surface area contributed by atoms with Crippen LogP contribution in [0.25, 0.3) is 0 Å². The van der Waals surface area contributed by atoms with Crippen molar-refractivity contribution in [3.05, 3.63) is 26.3 Å². The van der Waals surface area contributed by atoms with E-state index in [4.69, 9.17) is 47.3 Å². The molecule has 0 heterocycles. The van der Waals surface area contributed by atoms with Crippen molar-refractivity contribution in [2.75, 3.05) is 0 Å². The number of rotatable bonds is 0. The summed E-state index contributed by atoms with van der Waals surface area (Å²) in [5.41, 5.74) is 0. The van der Waals surface area contributed by atoms with Gasteiger partial charge in [0.15, 0.2) is 0 Å². The molecule has 0 aliphatic carbocycles. The largest absolute Gasteiger partial charge is 3.00 e. The summed E-state index contributed by atoms with van der Waals surface area (Å²) >= 11 is 0. The molecule has 0 fully saturated rings. The van der Waals surface area contributed by atoms with Crippen LogP contribution >= 0.6 is 0 Å². The molecule has 0 saturated carbocycles. The summed E-state index contributed by atoms with van der Waals surface area (Å²) in [6.07, 6.45) is 0. The molecule has 5 nitrogen and oxygen atoms in total. The minimum atomic E-state index is 0. The molecule has 10 heavy (non-hydrogen) atoms. The molecule has 0 spiro atoms. The quantitative estimate of drug-likeness (QED) is 0.435. The van der Waals surface area contributed by atoms with E-state index >= 15 is 0 Å². The second kappa shape index (κ2) is 121. The maximum atomic E-state index is 6.25. The zero-order valence-electron chi connectivity index (χ0n) is 5.11. The van der Waals surface area contributed by atoms with Crippen LogP contribution in [0.15, 0.2) is 0 Å². The molecule has 0 atom stereocenters. The average Bonchev–Trinajstić information content (AvgIpc) is 2.03. The molecular weight excluding hydrogens is 177 g/mol. The minimum Gasteiger partial charge on any atom is -0.512 e. The summed E-state index contributed by atoms with van der Waals surface area (Å²) in [4.78, 5) is 0. The Labute approximate surface area is 70.6 Å². The zero-order valence-corrected chi connectivity index (χ0v) is 6.09. The van der Waals surface area contributed by atoms with E-state index in [1.165, 1.54) is 0 Å². The fourth-order valence-electron chi connectivity index (χ4n) is 0. The second-order valence-corrected chi connectivity index (χ2v) is 0. The Hall–Kier alpha value is -1.59. The van der Waals surface area contributed by atoms with Gasteiger partial charge in [0.2, 0.25) is 0 Å². The van der Waals surface area contributed by atoms with Gasteiger partial charge in [-0.15, -0.1) is 0 Å². The van der Waals surface area contributed by atoms with Crippen molar-refractivity contribution in [2.24, 2.45) is 0 Å². The third-order valence-corrected chi connectivity index (χ3v) is 0. The standard InChI is InChI=1S/4CN.H3N.Ni/c4*1-2;;/h;;;;1H3;/q4*-1;;+3/p+1. The Bertz CT molecular complexity index is 56.6. The first-order valence-electron chi connectivity index (χ1n) is 0.894. The fourth-order valence-corrected chi connectivity index (χ4v) is 0. The van der Waals surface area contributed by atoms with Crippen LogP contribution in [0.1, 0.15) is 0 Å². The molecule has 0 aromatic carbocycles. The molecule has 55 valence electrons. The monoisotopic (exact) mass is 180 g/mol. The van der Waals surface area contributed by atoms with E-state index in [0.29, 0.717) is 0 Å². The van der Waals surface area contributed by atoms with Gasteiger partial charge >= 0.3 is 16.5 Å². The van der Waals surface area contributed by atoms with E-state index in [9.17, 15) is 0 Å². The van der Waals surface area contributed by atoms with Crippen LogP contribution < -0.4 is 6.15 Å². The molecule has 0 aliphatic heterocycles. The van der Waals surface area contributed by atoms with E-state index in [0.717, 1.165) is 0 Å². The number of nitrogens with zero attached hydrogens (tertiary/aromatic N) is 4. The van der Waals surface area contributed by atoms with Gasteiger partial charge in [0.1, 0.15) is 0 Å². The fraction of sp³-hybridized carbons (Fsp3) is 0. The predicted molar refractivity (Wildman–Crippen MR) is 25.9 cm³/mol. The molecule has 0 aromatic rings. The molecule has 0 aliphatic rings. The summed E-state index contributed by atoms with van der Waals surface area (Å²) in [7, 11) is 0. The van der Waals surface area contributed by atoms with Crippen LogP contribution in [0.3, 0.4) is 0 Å². The first-order chi connectivity index (χ1) is 4.00. The van der Waals surface area contributed by atoms with Crippen molar-refractivity contribution < 1.29 is 16.5 Å². The number of hydrogen-bond donors (Lipinski definition) is 1. The van der Waals surface area contributed by atoms with Gasteiger partial charge in [0.25, 0.3) is 0 Å². The molecule has 1 radical (unpaired) electrons. The van der Waals surface area contributed by atoms with Crippen molar-refractivity contribution in [3.8, 4) is 0 Å². The van der Waals surface area contributed by atoms with Crippen molar-refractivity contribution in [2.45, 2.75) is 0 Å². The van der Waals surface area contributed by atoms with E-state index in [1.54, 1.807) is 0 Å². The Morgan fingerprint density at radius 3 is 0.500 bits per heavy atom. The van der Waals surface area contributed by atoms with E-state index in [1.807, 2.05) is 0 Å². The zero-order chi connectivity index (χ0) is 8.00. The average molecular weight is 181 g/mol. The summed E-state index contributed by atoms with van der Waals surface area (Å²) in [5.74, 6) is 0. The van der Waals surface area contributed by atoms with Gasteiger partial charge in [-0.1, -0.05) is 0 Å². The van der Waals surface area contributed by atoms with Crippen LogP contribution in [-0.2, 0) is 16.5 Å². The topological polar surface area (TPSA) is 132 Å². The first-order valence-corrected chi connectivity index (χ1v) is 0.894. The molecule has 0 amide bonds. The second-order valence-electron chi connectivity index (χ2n) is 0. The normalized spacial score (nSPS) is 0.800. The van der Waals surface area contributed by atoms with E-state index < -0.39 is 0 Å². The molecule has 0 rings (SSSR count). The molecule has 6 heteroatoms. The third-order valence-electron chi connectivity index (χ3n) is 0. The third kappa shape index (κ3) is 74.7. The maximum Gasteiger partial charge on any atom is 3.00 e. The van der Waals surface area contributed by atoms with Crippen molar-refractivity contribution in [1.29, 1.82) is 21.0 Å². The van der Waals surface area contributed by atoms with Gasteiger partial charge in [-0.05, 0) is 0 Å². The van der Waals surface area contributed by atoms with Crippen LogP contribution in [0.2, 0.25) is 0 Å². The van der Waals surface area contributed by atoms with Crippen molar-refractivity contribution in [1.82, 2.24) is 6.15 Å². The molecule has 0 unspecified atom stereocenters. The summed E-state index contributed by atoms with van der Waals surface area (Å²) in [5, 5.41) is 25.0. The molecule has 0 aromatic heterocycles. The van der Waals surface area contributed by atoms with Gasteiger partial charge in [-0.3, -0.25) is 0 Å². The first kappa shape index (κ1) is 79.4. The van der Waals surface area contributed by atoms with Gasteiger partial charge in [0, 0.05) is 0 Å². The van der Waals surface area contributed by atoms with Gasteiger partial charge in [0.05, 0.1) is 0 Å². The molecule has 4 N–H and O–H groups in total. The number of hydrogen-bond acceptors (Lipinski definition) is 4. The molecule has 0 bridgehead atoms. The smallest absolute Gasteiger partial charge is 0.512 e. The SMILES string of the molecule is [C-]#N.[C-]#N.[C-]#N.[C-]#N.[NH4+].[Ni+3]. The molecular formula is C4H4N5Ni. The maximum absolute atomic E-state index is 6.25. The predicted octanol–water partition coefficient (Wildman–Crippen LogP) is 0.759. The van der Waals surface area contributed by atoms with Gasteiger partial charge in [-0.2, -0.15) is 0 Å². The van der Waals surface area contributed by atoms with E-state index in [2.05, 4.69) is 0 Å². The molecule has 0 saturated heterocycles. The van der Waals surface area contributed by atoms with Crippen LogP contribution in [0.4, 0.5) is 0 Å². The van der Waals surface area contributed by atoms with Gasteiger partial charge < -0.3 is 53.5 Å². The Morgan fingerprint density at radius 1 is 0.500 bits per heavy atom. The Balaban J connectivity index is -0.00000000500. The van der Waals surface area contributed by atoms with Crippen molar-refractivity contribution >= 4 is 0 Å². The Kier molecular flexibility index (Phi) is 962. The summed E-state index contributed by atoms with van der Waals surface area (Å²) < 4.78 is 0. The van der Waals surface area contributed by atoms with E-state index in [-0.39, 0.29) is 22.6 Å². The summed E-state index contributed by atoms with van der Waals surface area (Å²) in [6.45, 7) is 19.0.